The van der Waals surface area contributed by atoms with Crippen molar-refractivity contribution in [3.63, 3.8) is 0 Å². The van der Waals surface area contributed by atoms with E-state index in [1.165, 1.54) is 12.0 Å². The van der Waals surface area contributed by atoms with Gasteiger partial charge < -0.3 is 14.4 Å². The average Bonchev–Trinajstić information content (AvgIpc) is 2.79. The van der Waals surface area contributed by atoms with Crippen LogP contribution >= 0.6 is 0 Å². The molecule has 4 rings (SSSR count). The van der Waals surface area contributed by atoms with Gasteiger partial charge in [0.05, 0.1) is 25.7 Å². The summed E-state index contributed by atoms with van der Waals surface area (Å²) < 4.78 is 36.3. The third kappa shape index (κ3) is 3.25. The summed E-state index contributed by atoms with van der Waals surface area (Å²) in [6.45, 7) is 1.90. The molecule has 31 heavy (non-hydrogen) atoms. The van der Waals surface area contributed by atoms with E-state index in [9.17, 15) is 13.2 Å². The lowest BCUT2D eigenvalue weighted by atomic mass is 9.88. The summed E-state index contributed by atoms with van der Waals surface area (Å²) in [6, 6.07) is 20.2. The minimum absolute atomic E-state index is 0.0146. The Hall–Kier alpha value is -3.32. The van der Waals surface area contributed by atoms with Gasteiger partial charge in [-0.25, -0.2) is 8.42 Å². The Balaban J connectivity index is 1.81. The Morgan fingerprint density at radius 2 is 1.32 bits per heavy atom. The molecule has 7 heteroatoms. The van der Waals surface area contributed by atoms with Crippen molar-refractivity contribution in [2.45, 2.75) is 16.6 Å². The minimum atomic E-state index is -4.01. The molecule has 0 N–H and O–H groups in total. The lowest BCUT2D eigenvalue weighted by Crippen LogP contribution is -2.68. The summed E-state index contributed by atoms with van der Waals surface area (Å²) in [7, 11) is -0.915. The Labute approximate surface area is 182 Å². The number of hydrogen-bond acceptors (Lipinski definition) is 5. The zero-order chi connectivity index (χ0) is 22.2. The third-order valence-electron chi connectivity index (χ3n) is 5.70. The van der Waals surface area contributed by atoms with Gasteiger partial charge in [-0.3, -0.25) is 4.79 Å². The maximum atomic E-state index is 13.8. The summed E-state index contributed by atoms with van der Waals surface area (Å²) >= 11 is 0. The maximum absolute atomic E-state index is 13.8. The molecule has 0 unspecified atom stereocenters. The SMILES string of the molecule is COc1ccc(N2C[C@@](c3ccc(OC)cc3)(S(=O)(=O)c3ccc(C)cc3)C2=O)cc1. The molecule has 1 atom stereocenters. The van der Waals surface area contributed by atoms with E-state index in [0.29, 0.717) is 22.7 Å². The molecule has 1 fully saturated rings. The number of nitrogens with zero attached hydrogens (tertiary/aromatic N) is 1. The van der Waals surface area contributed by atoms with E-state index in [-0.39, 0.29) is 11.4 Å². The smallest absolute Gasteiger partial charge is 0.255 e. The Bertz CT molecular complexity index is 1200. The summed E-state index contributed by atoms with van der Waals surface area (Å²) in [4.78, 5) is 15.2. The molecule has 1 aliphatic heterocycles. The predicted molar refractivity (Wildman–Crippen MR) is 118 cm³/mol. The molecule has 0 spiro atoms. The normalized spacial score (nSPS) is 18.4. The molecule has 1 aliphatic rings. The van der Waals surface area contributed by atoms with Crippen LogP contribution in [0.2, 0.25) is 0 Å². The number of carbonyl (C=O) groups excluding carboxylic acids is 1. The average molecular weight is 438 g/mol. The van der Waals surface area contributed by atoms with E-state index in [1.807, 2.05) is 6.92 Å². The van der Waals surface area contributed by atoms with E-state index in [0.717, 1.165) is 5.56 Å². The van der Waals surface area contributed by atoms with Crippen molar-refractivity contribution >= 4 is 21.4 Å². The molecule has 0 saturated carbocycles. The molecule has 0 aliphatic carbocycles. The Morgan fingerprint density at radius 1 is 0.806 bits per heavy atom. The molecule has 3 aromatic rings. The molecule has 0 radical (unpaired) electrons. The van der Waals surface area contributed by atoms with Gasteiger partial charge in [0.25, 0.3) is 5.91 Å². The molecule has 0 bridgehead atoms. The van der Waals surface area contributed by atoms with Crippen LogP contribution in [-0.4, -0.2) is 35.1 Å². The molecule has 1 saturated heterocycles. The molecule has 1 amide bonds. The van der Waals surface area contributed by atoms with Crippen molar-refractivity contribution in [2.24, 2.45) is 0 Å². The number of aryl methyl sites for hydroxylation is 1. The van der Waals surface area contributed by atoms with Crippen molar-refractivity contribution < 1.29 is 22.7 Å². The van der Waals surface area contributed by atoms with Crippen LogP contribution in [0.15, 0.2) is 77.7 Å². The highest BCUT2D eigenvalue weighted by atomic mass is 32.2. The number of benzene rings is 3. The first-order chi connectivity index (χ1) is 14.8. The van der Waals surface area contributed by atoms with Gasteiger partial charge in [0.2, 0.25) is 0 Å². The Kier molecular flexibility index (Phi) is 5.23. The highest BCUT2D eigenvalue weighted by molar-refractivity contribution is 7.93. The van der Waals surface area contributed by atoms with Crippen molar-refractivity contribution in [2.75, 3.05) is 25.7 Å². The van der Waals surface area contributed by atoms with Crippen LogP contribution in [-0.2, 0) is 19.4 Å². The monoisotopic (exact) mass is 437 g/mol. The largest absolute Gasteiger partial charge is 0.497 e. The van der Waals surface area contributed by atoms with Crippen LogP contribution in [0.3, 0.4) is 0 Å². The van der Waals surface area contributed by atoms with Gasteiger partial charge in [-0.2, -0.15) is 0 Å². The number of anilines is 1. The van der Waals surface area contributed by atoms with E-state index >= 15 is 0 Å². The molecular weight excluding hydrogens is 414 g/mol. The first-order valence-electron chi connectivity index (χ1n) is 9.75. The molecular formula is C24H23NO5S. The zero-order valence-corrected chi connectivity index (χ0v) is 18.3. The van der Waals surface area contributed by atoms with E-state index < -0.39 is 20.5 Å². The first kappa shape index (κ1) is 20.9. The standard InChI is InChI=1S/C24H23NO5S/c1-17-4-14-22(15-5-17)31(27,28)24(18-6-10-20(29-2)11-7-18)16-25(23(24)26)19-8-12-21(30-3)13-9-19/h4-15H,16H2,1-3H3/t24-/m0/s1. The number of hydrogen-bond donors (Lipinski definition) is 0. The predicted octanol–water partition coefficient (Wildman–Crippen LogP) is 3.73. The van der Waals surface area contributed by atoms with Crippen LogP contribution in [0.5, 0.6) is 11.5 Å². The van der Waals surface area contributed by atoms with Crippen molar-refractivity contribution in [1.29, 1.82) is 0 Å². The van der Waals surface area contributed by atoms with Gasteiger partial charge in [-0.15, -0.1) is 0 Å². The van der Waals surface area contributed by atoms with Crippen LogP contribution in [0, 0.1) is 6.92 Å². The second-order valence-electron chi connectivity index (χ2n) is 7.46. The summed E-state index contributed by atoms with van der Waals surface area (Å²) in [6.07, 6.45) is 0. The molecule has 160 valence electrons. The molecule has 1 heterocycles. The van der Waals surface area contributed by atoms with E-state index in [2.05, 4.69) is 0 Å². The van der Waals surface area contributed by atoms with Gasteiger partial charge in [0.1, 0.15) is 11.5 Å². The fourth-order valence-electron chi connectivity index (χ4n) is 3.81. The quantitative estimate of drug-likeness (QED) is 0.550. The number of β-lactam (4-membered cyclic amide) rings is 1. The topological polar surface area (TPSA) is 72.9 Å². The van der Waals surface area contributed by atoms with E-state index in [1.54, 1.807) is 79.9 Å². The summed E-state index contributed by atoms with van der Waals surface area (Å²) in [5, 5.41) is 0. The van der Waals surface area contributed by atoms with Crippen molar-refractivity contribution in [3.05, 3.63) is 83.9 Å². The fourth-order valence-corrected chi connectivity index (χ4v) is 5.79. The summed E-state index contributed by atoms with van der Waals surface area (Å²) in [5.41, 5.74) is 1.98. The van der Waals surface area contributed by atoms with Crippen molar-refractivity contribution in [1.82, 2.24) is 0 Å². The number of amides is 1. The maximum Gasteiger partial charge on any atom is 0.255 e. The zero-order valence-electron chi connectivity index (χ0n) is 17.5. The van der Waals surface area contributed by atoms with Crippen LogP contribution in [0.25, 0.3) is 0 Å². The number of carbonyl (C=O) groups is 1. The van der Waals surface area contributed by atoms with Gasteiger partial charge in [-0.1, -0.05) is 29.8 Å². The highest BCUT2D eigenvalue weighted by Gasteiger charge is 2.63. The highest BCUT2D eigenvalue weighted by Crippen LogP contribution is 2.46. The van der Waals surface area contributed by atoms with Gasteiger partial charge in [-0.05, 0) is 61.0 Å². The number of methoxy groups -OCH3 is 2. The van der Waals surface area contributed by atoms with Gasteiger partial charge >= 0.3 is 0 Å². The first-order valence-corrected chi connectivity index (χ1v) is 11.2. The number of rotatable bonds is 6. The lowest BCUT2D eigenvalue weighted by molar-refractivity contribution is -0.125. The van der Waals surface area contributed by atoms with Gasteiger partial charge in [0.15, 0.2) is 14.6 Å². The minimum Gasteiger partial charge on any atom is -0.497 e. The van der Waals surface area contributed by atoms with Crippen LogP contribution in [0.1, 0.15) is 11.1 Å². The Morgan fingerprint density at radius 3 is 1.81 bits per heavy atom. The van der Waals surface area contributed by atoms with Crippen LogP contribution < -0.4 is 14.4 Å². The molecule has 0 aromatic heterocycles. The third-order valence-corrected chi connectivity index (χ3v) is 8.05. The number of ether oxygens (including phenoxy) is 2. The summed E-state index contributed by atoms with van der Waals surface area (Å²) in [5.74, 6) is 0.763. The van der Waals surface area contributed by atoms with Crippen molar-refractivity contribution in [3.8, 4) is 11.5 Å². The molecule has 3 aromatic carbocycles. The second kappa shape index (κ2) is 7.74. The number of sulfone groups is 1. The second-order valence-corrected chi connectivity index (χ2v) is 9.64. The molecule has 6 nitrogen and oxygen atoms in total. The van der Waals surface area contributed by atoms with Gasteiger partial charge in [0, 0.05) is 5.69 Å². The fraction of sp³-hybridized carbons (Fsp3) is 0.208. The van der Waals surface area contributed by atoms with Crippen LogP contribution in [0.4, 0.5) is 5.69 Å². The lowest BCUT2D eigenvalue weighted by Gasteiger charge is -2.48. The van der Waals surface area contributed by atoms with E-state index in [4.69, 9.17) is 9.47 Å².